The van der Waals surface area contributed by atoms with Crippen LogP contribution in [-0.2, 0) is 17.9 Å². The average Bonchev–Trinajstić information content (AvgIpc) is 2.86. The Hall–Kier alpha value is -1.36. The summed E-state index contributed by atoms with van der Waals surface area (Å²) in [5.41, 5.74) is 6.11. The molecule has 0 aromatic carbocycles. The molecule has 0 saturated heterocycles. The van der Waals surface area contributed by atoms with Crippen molar-refractivity contribution in [2.24, 2.45) is 5.73 Å². The molecule has 0 atom stereocenters. The highest BCUT2D eigenvalue weighted by Gasteiger charge is 2.32. The van der Waals surface area contributed by atoms with E-state index in [2.05, 4.69) is 9.55 Å². The van der Waals surface area contributed by atoms with E-state index < -0.39 is 0 Å². The molecule has 0 radical (unpaired) electrons. The number of fused-ring (bicyclic) bond motifs is 1. The van der Waals surface area contributed by atoms with Gasteiger partial charge in [0.1, 0.15) is 5.82 Å². The van der Waals surface area contributed by atoms with Crippen molar-refractivity contribution in [2.75, 3.05) is 6.54 Å². The van der Waals surface area contributed by atoms with E-state index in [4.69, 9.17) is 5.73 Å². The molecule has 5 heteroatoms. The lowest BCUT2D eigenvalue weighted by Crippen LogP contribution is -2.48. The Balaban J connectivity index is 1.62. The monoisotopic (exact) mass is 262 g/mol. The Bertz CT molecular complexity index is 462. The van der Waals surface area contributed by atoms with Crippen LogP contribution in [0.4, 0.5) is 0 Å². The molecule has 3 rings (SSSR count). The third-order valence-electron chi connectivity index (χ3n) is 4.45. The second-order valence-electron chi connectivity index (χ2n) is 5.95. The molecule has 104 valence electrons. The molecule has 1 aromatic heterocycles. The van der Waals surface area contributed by atoms with Crippen molar-refractivity contribution in [3.8, 4) is 0 Å². The van der Waals surface area contributed by atoms with Gasteiger partial charge in [0.2, 0.25) is 5.91 Å². The quantitative estimate of drug-likeness (QED) is 0.873. The standard InChI is InChI=1S/C14H22N4O/c15-14(4-2-1-3-5-14)10-13(19)18-9-8-17-7-6-16-12(17)11-18/h6-7H,1-5,8-11,15H2. The highest BCUT2D eigenvalue weighted by atomic mass is 16.2. The van der Waals surface area contributed by atoms with Gasteiger partial charge in [-0.05, 0) is 12.8 Å². The smallest absolute Gasteiger partial charge is 0.224 e. The van der Waals surface area contributed by atoms with E-state index in [1.165, 1.54) is 6.42 Å². The van der Waals surface area contributed by atoms with E-state index in [0.717, 1.165) is 44.6 Å². The van der Waals surface area contributed by atoms with Crippen LogP contribution in [0.15, 0.2) is 12.4 Å². The zero-order chi connectivity index (χ0) is 13.3. The second-order valence-corrected chi connectivity index (χ2v) is 5.95. The molecule has 1 aliphatic carbocycles. The largest absolute Gasteiger partial charge is 0.333 e. The summed E-state index contributed by atoms with van der Waals surface area (Å²) in [5, 5.41) is 0. The molecular weight excluding hydrogens is 240 g/mol. The number of hydrogen-bond donors (Lipinski definition) is 1. The van der Waals surface area contributed by atoms with E-state index in [1.807, 2.05) is 11.1 Å². The lowest BCUT2D eigenvalue weighted by Gasteiger charge is -2.36. The molecule has 1 aromatic rings. The summed E-state index contributed by atoms with van der Waals surface area (Å²) >= 11 is 0. The highest BCUT2D eigenvalue weighted by Crippen LogP contribution is 2.29. The molecule has 1 saturated carbocycles. The normalized spacial score (nSPS) is 22.1. The van der Waals surface area contributed by atoms with E-state index in [1.54, 1.807) is 6.20 Å². The lowest BCUT2D eigenvalue weighted by atomic mass is 9.80. The molecule has 1 aliphatic heterocycles. The van der Waals surface area contributed by atoms with Crippen molar-refractivity contribution in [3.05, 3.63) is 18.2 Å². The molecule has 0 spiro atoms. The van der Waals surface area contributed by atoms with E-state index >= 15 is 0 Å². The number of rotatable bonds is 2. The Morgan fingerprint density at radius 1 is 1.32 bits per heavy atom. The van der Waals surface area contributed by atoms with Gasteiger partial charge in [0.15, 0.2) is 0 Å². The first-order valence-electron chi connectivity index (χ1n) is 7.23. The predicted octanol–water partition coefficient (Wildman–Crippen LogP) is 1.28. The predicted molar refractivity (Wildman–Crippen MR) is 72.3 cm³/mol. The van der Waals surface area contributed by atoms with Crippen LogP contribution in [0, 0.1) is 0 Å². The van der Waals surface area contributed by atoms with Crippen LogP contribution in [0.25, 0.3) is 0 Å². The Labute approximate surface area is 113 Å². The number of carbonyl (C=O) groups is 1. The molecule has 5 nitrogen and oxygen atoms in total. The number of carbonyl (C=O) groups excluding carboxylic acids is 1. The van der Waals surface area contributed by atoms with Gasteiger partial charge in [-0.1, -0.05) is 19.3 Å². The van der Waals surface area contributed by atoms with Crippen molar-refractivity contribution in [1.29, 1.82) is 0 Å². The van der Waals surface area contributed by atoms with Gasteiger partial charge < -0.3 is 15.2 Å². The first kappa shape index (κ1) is 12.7. The molecule has 2 heterocycles. The van der Waals surface area contributed by atoms with Crippen molar-refractivity contribution in [1.82, 2.24) is 14.5 Å². The van der Waals surface area contributed by atoms with E-state index in [0.29, 0.717) is 13.0 Å². The fourth-order valence-corrected chi connectivity index (χ4v) is 3.23. The fraction of sp³-hybridized carbons (Fsp3) is 0.714. The van der Waals surface area contributed by atoms with Gasteiger partial charge in [0, 0.05) is 37.4 Å². The first-order valence-corrected chi connectivity index (χ1v) is 7.23. The number of imidazole rings is 1. The number of nitrogens with two attached hydrogens (primary N) is 1. The van der Waals surface area contributed by atoms with Crippen LogP contribution in [0.5, 0.6) is 0 Å². The molecule has 1 amide bonds. The maximum absolute atomic E-state index is 12.4. The van der Waals surface area contributed by atoms with Gasteiger partial charge in [-0.25, -0.2) is 4.98 Å². The number of amides is 1. The Morgan fingerprint density at radius 2 is 2.11 bits per heavy atom. The SMILES string of the molecule is NC1(CC(=O)N2CCn3ccnc3C2)CCCCC1. The van der Waals surface area contributed by atoms with Gasteiger partial charge in [0.25, 0.3) is 0 Å². The fourth-order valence-electron chi connectivity index (χ4n) is 3.23. The van der Waals surface area contributed by atoms with Gasteiger partial charge in [-0.15, -0.1) is 0 Å². The van der Waals surface area contributed by atoms with Crippen molar-refractivity contribution < 1.29 is 4.79 Å². The third kappa shape index (κ3) is 2.66. The van der Waals surface area contributed by atoms with E-state index in [9.17, 15) is 4.79 Å². The summed E-state index contributed by atoms with van der Waals surface area (Å²) < 4.78 is 2.11. The zero-order valence-corrected chi connectivity index (χ0v) is 11.3. The van der Waals surface area contributed by atoms with Crippen molar-refractivity contribution in [3.63, 3.8) is 0 Å². The second kappa shape index (κ2) is 4.96. The van der Waals surface area contributed by atoms with Crippen molar-refractivity contribution in [2.45, 2.75) is 57.2 Å². The number of nitrogens with zero attached hydrogens (tertiary/aromatic N) is 3. The minimum absolute atomic E-state index is 0.193. The topological polar surface area (TPSA) is 64.2 Å². The minimum atomic E-state index is -0.262. The van der Waals surface area contributed by atoms with E-state index in [-0.39, 0.29) is 11.4 Å². The third-order valence-corrected chi connectivity index (χ3v) is 4.45. The summed E-state index contributed by atoms with van der Waals surface area (Å²) in [6.07, 6.45) is 9.82. The van der Waals surface area contributed by atoms with Crippen LogP contribution in [0.2, 0.25) is 0 Å². The summed E-state index contributed by atoms with van der Waals surface area (Å²) in [4.78, 5) is 18.6. The van der Waals surface area contributed by atoms with Gasteiger partial charge in [-0.2, -0.15) is 0 Å². The number of aromatic nitrogens is 2. The van der Waals surface area contributed by atoms with Crippen LogP contribution < -0.4 is 5.73 Å². The zero-order valence-electron chi connectivity index (χ0n) is 11.3. The minimum Gasteiger partial charge on any atom is -0.333 e. The van der Waals surface area contributed by atoms with Crippen LogP contribution in [-0.4, -0.2) is 32.4 Å². The van der Waals surface area contributed by atoms with Gasteiger partial charge in [0.05, 0.1) is 6.54 Å². The Morgan fingerprint density at radius 3 is 2.89 bits per heavy atom. The molecule has 19 heavy (non-hydrogen) atoms. The molecule has 0 bridgehead atoms. The van der Waals surface area contributed by atoms with Gasteiger partial charge in [-0.3, -0.25) is 4.79 Å². The molecule has 1 fully saturated rings. The van der Waals surface area contributed by atoms with Crippen molar-refractivity contribution >= 4 is 5.91 Å². The van der Waals surface area contributed by atoms with Gasteiger partial charge >= 0.3 is 0 Å². The molecular formula is C14H22N4O. The molecule has 0 unspecified atom stereocenters. The maximum atomic E-state index is 12.4. The Kier molecular flexibility index (Phi) is 3.31. The summed E-state index contributed by atoms with van der Waals surface area (Å²) in [7, 11) is 0. The van der Waals surface area contributed by atoms with Crippen LogP contribution in [0.1, 0.15) is 44.3 Å². The summed E-state index contributed by atoms with van der Waals surface area (Å²) in [6, 6.07) is 0. The molecule has 2 aliphatic rings. The summed E-state index contributed by atoms with van der Waals surface area (Å²) in [6.45, 7) is 2.25. The number of hydrogen-bond acceptors (Lipinski definition) is 3. The van der Waals surface area contributed by atoms with Crippen LogP contribution >= 0.6 is 0 Å². The lowest BCUT2D eigenvalue weighted by molar-refractivity contribution is -0.134. The average molecular weight is 262 g/mol. The maximum Gasteiger partial charge on any atom is 0.224 e. The highest BCUT2D eigenvalue weighted by molar-refractivity contribution is 5.77. The first-order chi connectivity index (χ1) is 9.16. The van der Waals surface area contributed by atoms with Crippen LogP contribution in [0.3, 0.4) is 0 Å². The molecule has 2 N–H and O–H groups in total. The summed E-state index contributed by atoms with van der Waals surface area (Å²) in [5.74, 6) is 1.17.